The first kappa shape index (κ1) is 33.3. The van der Waals surface area contributed by atoms with Crippen LogP contribution in [0, 0.1) is 0 Å². The number of halogens is 3. The number of nitrogens with one attached hydrogen (secondary N) is 2. The molecule has 2 aromatic carbocycles. The minimum absolute atomic E-state index is 0. The van der Waals surface area contributed by atoms with Crippen LogP contribution in [0.5, 0.6) is 5.75 Å². The van der Waals surface area contributed by atoms with E-state index in [1.54, 1.807) is 54.9 Å². The normalized spacial score (nSPS) is 14.7. The molecule has 4 aromatic rings. The molecule has 2 atom stereocenters. The predicted molar refractivity (Wildman–Crippen MR) is 163 cm³/mol. The Kier molecular flexibility index (Phi) is 12.6. The lowest BCUT2D eigenvalue weighted by Crippen LogP contribution is -2.36. The van der Waals surface area contributed by atoms with Crippen LogP contribution >= 0.6 is 37.2 Å². The lowest BCUT2D eigenvalue weighted by Gasteiger charge is -2.27. The number of aliphatic hydroxyl groups excluding tert-OH is 1. The molecule has 0 saturated heterocycles. The average Bonchev–Trinajstić information content (AvgIpc) is 2.94. The molecule has 1 aliphatic heterocycles. The van der Waals surface area contributed by atoms with Gasteiger partial charge >= 0.3 is 0 Å². The molecule has 0 aliphatic carbocycles. The van der Waals surface area contributed by atoms with Crippen molar-refractivity contribution in [3.63, 3.8) is 0 Å². The van der Waals surface area contributed by atoms with E-state index in [1.165, 1.54) is 6.20 Å². The number of aliphatic hydroxyl groups is 1. The van der Waals surface area contributed by atoms with E-state index in [9.17, 15) is 13.5 Å². The Labute approximate surface area is 252 Å². The van der Waals surface area contributed by atoms with Gasteiger partial charge in [0.15, 0.2) is 0 Å². The van der Waals surface area contributed by atoms with Gasteiger partial charge in [0, 0.05) is 36.6 Å². The fraction of sp³-hybridized carbons (Fsp3) is 0.214. The minimum Gasteiger partial charge on any atom is -0.489 e. The second kappa shape index (κ2) is 15.2. The third kappa shape index (κ3) is 8.30. The Morgan fingerprint density at radius 3 is 2.48 bits per heavy atom. The number of aryl methyl sites for hydroxylation is 1. The molecular weight excluding hydrogens is 595 g/mol. The highest BCUT2D eigenvalue weighted by atomic mass is 35.5. The van der Waals surface area contributed by atoms with Gasteiger partial charge in [-0.05, 0) is 66.9 Å². The van der Waals surface area contributed by atoms with Gasteiger partial charge in [0.05, 0.1) is 28.6 Å². The zero-order valence-electron chi connectivity index (χ0n) is 21.3. The van der Waals surface area contributed by atoms with Crippen molar-refractivity contribution in [3.05, 3.63) is 103 Å². The Morgan fingerprint density at radius 2 is 1.77 bits per heavy atom. The summed E-state index contributed by atoms with van der Waals surface area (Å²) in [5.41, 5.74) is 3.99. The smallest absolute Gasteiger partial charge is 0.261 e. The number of fused-ring (bicyclic) bond motifs is 1. The van der Waals surface area contributed by atoms with Crippen molar-refractivity contribution >= 4 is 52.9 Å². The number of ether oxygens (including phenoxy) is 1. The van der Waals surface area contributed by atoms with Crippen molar-refractivity contribution in [1.82, 2.24) is 15.3 Å². The van der Waals surface area contributed by atoms with E-state index >= 15 is 0 Å². The highest BCUT2D eigenvalue weighted by Gasteiger charge is 2.21. The van der Waals surface area contributed by atoms with Crippen LogP contribution in [0.3, 0.4) is 0 Å². The van der Waals surface area contributed by atoms with Crippen LogP contribution in [0.1, 0.15) is 23.7 Å². The maximum Gasteiger partial charge on any atom is 0.261 e. The molecule has 0 spiro atoms. The van der Waals surface area contributed by atoms with Crippen molar-refractivity contribution < 1.29 is 18.3 Å². The molecule has 2 aromatic heterocycles. The van der Waals surface area contributed by atoms with Crippen LogP contribution in [0.2, 0.25) is 0 Å². The predicted octanol–water partition coefficient (Wildman–Crippen LogP) is 5.23. The summed E-state index contributed by atoms with van der Waals surface area (Å²) in [6.07, 6.45) is 6.02. The number of hydrogen-bond acceptors (Lipinski definition) is 7. The third-order valence-corrected chi connectivity index (χ3v) is 7.63. The summed E-state index contributed by atoms with van der Waals surface area (Å²) >= 11 is 0. The van der Waals surface area contributed by atoms with E-state index in [4.69, 9.17) is 4.74 Å². The molecule has 0 fully saturated rings. The van der Waals surface area contributed by atoms with Crippen LogP contribution in [-0.4, -0.2) is 42.7 Å². The largest absolute Gasteiger partial charge is 0.489 e. The molecular formula is C28H31Cl3N4O4S. The Morgan fingerprint density at radius 1 is 0.975 bits per heavy atom. The molecule has 40 heavy (non-hydrogen) atoms. The Balaban J connectivity index is 0.00000187. The molecule has 3 N–H and O–H groups in total. The maximum absolute atomic E-state index is 12.5. The quantitative estimate of drug-likeness (QED) is 0.234. The number of nitrogens with zero attached hydrogens (tertiary/aromatic N) is 2. The monoisotopic (exact) mass is 624 g/mol. The number of hydrogen-bond donors (Lipinski definition) is 3. The number of aromatic nitrogens is 2. The van der Waals surface area contributed by atoms with Crippen LogP contribution < -0.4 is 14.8 Å². The molecule has 8 nitrogen and oxygen atoms in total. The molecule has 0 saturated carbocycles. The van der Waals surface area contributed by atoms with Crippen molar-refractivity contribution in [2.75, 3.05) is 17.8 Å². The van der Waals surface area contributed by atoms with E-state index in [1.807, 2.05) is 24.3 Å². The summed E-state index contributed by atoms with van der Waals surface area (Å²) in [5, 5.41) is 13.6. The van der Waals surface area contributed by atoms with Crippen LogP contribution in [0.25, 0.3) is 11.3 Å². The van der Waals surface area contributed by atoms with E-state index < -0.39 is 16.1 Å². The van der Waals surface area contributed by atoms with Crippen LogP contribution in [0.4, 0.5) is 5.69 Å². The number of benzene rings is 2. The Hall–Kier alpha value is -2.92. The fourth-order valence-electron chi connectivity index (χ4n) is 4.26. The van der Waals surface area contributed by atoms with Gasteiger partial charge in [0.2, 0.25) is 0 Å². The lowest BCUT2D eigenvalue weighted by atomic mass is 9.98. The van der Waals surface area contributed by atoms with Gasteiger partial charge in [-0.15, -0.1) is 37.2 Å². The molecule has 0 unspecified atom stereocenters. The second-order valence-electron chi connectivity index (χ2n) is 8.91. The highest BCUT2D eigenvalue weighted by molar-refractivity contribution is 7.92. The summed E-state index contributed by atoms with van der Waals surface area (Å²) in [6, 6.07) is 21.4. The van der Waals surface area contributed by atoms with E-state index in [2.05, 4.69) is 26.1 Å². The molecule has 0 amide bonds. The number of rotatable bonds is 9. The van der Waals surface area contributed by atoms with E-state index in [-0.39, 0.29) is 48.2 Å². The van der Waals surface area contributed by atoms with E-state index in [0.29, 0.717) is 18.8 Å². The van der Waals surface area contributed by atoms with Crippen LogP contribution in [-0.2, 0) is 16.4 Å². The minimum atomic E-state index is -3.66. The maximum atomic E-state index is 12.5. The zero-order chi connectivity index (χ0) is 25.7. The third-order valence-electron chi connectivity index (χ3n) is 6.23. The summed E-state index contributed by atoms with van der Waals surface area (Å²) < 4.78 is 33.8. The Bertz CT molecular complexity index is 1450. The molecule has 5 rings (SSSR count). The van der Waals surface area contributed by atoms with Crippen molar-refractivity contribution in [3.8, 4) is 17.0 Å². The van der Waals surface area contributed by atoms with Crippen molar-refractivity contribution in [1.29, 1.82) is 0 Å². The van der Waals surface area contributed by atoms with E-state index in [0.717, 1.165) is 41.0 Å². The summed E-state index contributed by atoms with van der Waals surface area (Å²) in [4.78, 5) is 8.71. The van der Waals surface area contributed by atoms with Gasteiger partial charge in [0.25, 0.3) is 10.0 Å². The first-order valence-corrected chi connectivity index (χ1v) is 13.6. The van der Waals surface area contributed by atoms with Gasteiger partial charge < -0.3 is 15.2 Å². The number of anilines is 1. The molecule has 214 valence electrons. The SMILES string of the molecule is Cl.Cl.Cl.O=S(=O)(Nc1ccc(-c2ccc3c(c2)CC[C@H](CNC[C@H](O)c2cccnc2)O3)nc1)c1ccccc1. The molecule has 0 bridgehead atoms. The second-order valence-corrected chi connectivity index (χ2v) is 10.6. The van der Waals surface area contributed by atoms with Gasteiger partial charge in [0.1, 0.15) is 11.9 Å². The fourth-order valence-corrected chi connectivity index (χ4v) is 5.32. The summed E-state index contributed by atoms with van der Waals surface area (Å²) in [5.74, 6) is 0.849. The van der Waals surface area contributed by atoms with Crippen LogP contribution in [0.15, 0.2) is 96.3 Å². The standard InChI is InChI=1S/C28H28N4O4S.3ClH/c33-27(22-5-4-14-29-16-22)19-30-18-24-11-8-21-15-20(9-13-28(21)36-24)26-12-10-23(17-31-26)32-37(34,35)25-6-2-1-3-7-25;;;/h1-7,9-10,12-17,24,27,30,32-33H,8,11,18-19H2;3*1H/t24-,27+;;;/m1.../s1. The first-order chi connectivity index (χ1) is 18.0. The summed E-state index contributed by atoms with van der Waals surface area (Å²) in [7, 11) is -3.66. The lowest BCUT2D eigenvalue weighted by molar-refractivity contribution is 0.146. The molecule has 0 radical (unpaired) electrons. The van der Waals surface area contributed by atoms with Gasteiger partial charge in [-0.3, -0.25) is 14.7 Å². The number of sulfonamides is 1. The van der Waals surface area contributed by atoms with Crippen molar-refractivity contribution in [2.45, 2.75) is 29.9 Å². The van der Waals surface area contributed by atoms with Gasteiger partial charge in [-0.25, -0.2) is 8.42 Å². The van der Waals surface area contributed by atoms with Gasteiger partial charge in [-0.2, -0.15) is 0 Å². The highest BCUT2D eigenvalue weighted by Crippen LogP contribution is 2.32. The average molecular weight is 626 g/mol. The summed E-state index contributed by atoms with van der Waals surface area (Å²) in [6.45, 7) is 1.07. The molecule has 1 aliphatic rings. The van der Waals surface area contributed by atoms with Gasteiger partial charge in [-0.1, -0.05) is 24.3 Å². The topological polar surface area (TPSA) is 113 Å². The first-order valence-electron chi connectivity index (χ1n) is 12.1. The molecule has 12 heteroatoms. The number of pyridine rings is 2. The zero-order valence-corrected chi connectivity index (χ0v) is 24.6. The molecule has 3 heterocycles. The van der Waals surface area contributed by atoms with Crippen molar-refractivity contribution in [2.24, 2.45) is 0 Å².